The Hall–Kier alpha value is -3.11. The molecule has 0 saturated carbocycles. The minimum absolute atomic E-state index is 0.0452. The highest BCUT2D eigenvalue weighted by Gasteiger charge is 2.28. The number of para-hydroxylation sites is 2. The van der Waals surface area contributed by atoms with E-state index in [1.54, 1.807) is 0 Å². The van der Waals surface area contributed by atoms with E-state index in [2.05, 4.69) is 5.32 Å². The Morgan fingerprint density at radius 2 is 1.44 bits per heavy atom. The summed E-state index contributed by atoms with van der Waals surface area (Å²) in [5, 5.41) is 12.9. The minimum Gasteiger partial charge on any atom is -0.480 e. The SMILES string of the molecule is O=C(O)[C@H](Cc1ccccc1)NCC1c2ccccc2Oc2ccccc21. The zero-order valence-corrected chi connectivity index (χ0v) is 14.8. The fourth-order valence-electron chi connectivity index (χ4n) is 3.59. The van der Waals surface area contributed by atoms with Crippen LogP contribution in [-0.4, -0.2) is 23.7 Å². The van der Waals surface area contributed by atoms with E-state index >= 15 is 0 Å². The van der Waals surface area contributed by atoms with Gasteiger partial charge >= 0.3 is 5.97 Å². The third kappa shape index (κ3) is 3.71. The molecule has 0 saturated heterocycles. The van der Waals surface area contributed by atoms with Crippen LogP contribution in [0.4, 0.5) is 0 Å². The summed E-state index contributed by atoms with van der Waals surface area (Å²) >= 11 is 0. The molecule has 3 aromatic rings. The molecule has 4 heteroatoms. The summed E-state index contributed by atoms with van der Waals surface area (Å²) in [4.78, 5) is 11.8. The van der Waals surface area contributed by atoms with Gasteiger partial charge in [-0.3, -0.25) is 4.79 Å². The summed E-state index contributed by atoms with van der Waals surface area (Å²) in [6.45, 7) is 0.529. The molecule has 1 atom stereocenters. The number of fused-ring (bicyclic) bond motifs is 2. The molecular weight excluding hydrogens is 338 g/mol. The molecule has 0 unspecified atom stereocenters. The predicted octanol–water partition coefficient (Wildman–Crippen LogP) is 4.21. The summed E-state index contributed by atoms with van der Waals surface area (Å²) in [6.07, 6.45) is 0.447. The second-order valence-corrected chi connectivity index (χ2v) is 6.72. The lowest BCUT2D eigenvalue weighted by atomic mass is 9.87. The van der Waals surface area contributed by atoms with Crippen LogP contribution in [0.1, 0.15) is 22.6 Å². The van der Waals surface area contributed by atoms with Gasteiger partial charge in [0.05, 0.1) is 0 Å². The number of nitrogens with one attached hydrogen (secondary N) is 1. The van der Waals surface area contributed by atoms with Crippen molar-refractivity contribution in [3.8, 4) is 11.5 Å². The Labute approximate surface area is 158 Å². The van der Waals surface area contributed by atoms with Crippen molar-refractivity contribution in [2.24, 2.45) is 0 Å². The maximum absolute atomic E-state index is 11.8. The number of carboxylic acid groups (broad SMARTS) is 1. The van der Waals surface area contributed by atoms with Gasteiger partial charge in [0, 0.05) is 23.6 Å². The first-order valence-corrected chi connectivity index (χ1v) is 9.08. The van der Waals surface area contributed by atoms with Crippen molar-refractivity contribution in [3.05, 3.63) is 95.6 Å². The molecule has 4 rings (SSSR count). The highest BCUT2D eigenvalue weighted by molar-refractivity contribution is 5.74. The van der Waals surface area contributed by atoms with Crippen LogP contribution in [0, 0.1) is 0 Å². The zero-order chi connectivity index (χ0) is 18.6. The Balaban J connectivity index is 1.57. The summed E-state index contributed by atoms with van der Waals surface area (Å²) in [7, 11) is 0. The minimum atomic E-state index is -0.840. The topological polar surface area (TPSA) is 58.6 Å². The van der Waals surface area contributed by atoms with Crippen molar-refractivity contribution in [1.29, 1.82) is 0 Å². The molecule has 136 valence electrons. The number of rotatable bonds is 6. The van der Waals surface area contributed by atoms with Gasteiger partial charge in [0.1, 0.15) is 17.5 Å². The van der Waals surface area contributed by atoms with E-state index in [-0.39, 0.29) is 5.92 Å². The summed E-state index contributed by atoms with van der Waals surface area (Å²) in [5.74, 6) is 0.868. The molecule has 1 heterocycles. The third-order valence-electron chi connectivity index (χ3n) is 4.96. The van der Waals surface area contributed by atoms with E-state index in [0.29, 0.717) is 13.0 Å². The van der Waals surface area contributed by atoms with E-state index in [1.165, 1.54) is 0 Å². The van der Waals surface area contributed by atoms with Crippen molar-refractivity contribution in [3.63, 3.8) is 0 Å². The standard InChI is InChI=1S/C23H21NO3/c25-23(26)20(14-16-8-2-1-3-9-16)24-15-19-17-10-4-6-12-21(17)27-22-13-7-5-11-18(19)22/h1-13,19-20,24H,14-15H2,(H,25,26)/t20-/m0/s1. The van der Waals surface area contributed by atoms with Gasteiger partial charge in [-0.15, -0.1) is 0 Å². The predicted molar refractivity (Wildman–Crippen MR) is 104 cm³/mol. The lowest BCUT2D eigenvalue weighted by Crippen LogP contribution is -2.41. The molecule has 27 heavy (non-hydrogen) atoms. The highest BCUT2D eigenvalue weighted by Crippen LogP contribution is 2.43. The molecule has 3 aromatic carbocycles. The monoisotopic (exact) mass is 359 g/mol. The van der Waals surface area contributed by atoms with Crippen molar-refractivity contribution in [1.82, 2.24) is 5.32 Å². The van der Waals surface area contributed by atoms with Crippen LogP contribution in [0.2, 0.25) is 0 Å². The van der Waals surface area contributed by atoms with Crippen LogP contribution in [-0.2, 0) is 11.2 Å². The van der Waals surface area contributed by atoms with Gasteiger partial charge in [-0.25, -0.2) is 0 Å². The average molecular weight is 359 g/mol. The molecule has 0 fully saturated rings. The first-order valence-electron chi connectivity index (χ1n) is 9.08. The van der Waals surface area contributed by atoms with Gasteiger partial charge in [0.25, 0.3) is 0 Å². The summed E-state index contributed by atoms with van der Waals surface area (Å²) in [5.41, 5.74) is 3.16. The van der Waals surface area contributed by atoms with Crippen LogP contribution in [0.15, 0.2) is 78.9 Å². The number of benzene rings is 3. The first-order chi connectivity index (χ1) is 13.2. The largest absolute Gasteiger partial charge is 0.480 e. The van der Waals surface area contributed by atoms with E-state index < -0.39 is 12.0 Å². The van der Waals surface area contributed by atoms with Crippen molar-refractivity contribution in [2.45, 2.75) is 18.4 Å². The second kappa shape index (κ2) is 7.64. The van der Waals surface area contributed by atoms with Gasteiger partial charge in [0.15, 0.2) is 0 Å². The maximum Gasteiger partial charge on any atom is 0.321 e. The smallest absolute Gasteiger partial charge is 0.321 e. The van der Waals surface area contributed by atoms with Crippen molar-refractivity contribution < 1.29 is 14.6 Å². The maximum atomic E-state index is 11.8. The molecule has 2 N–H and O–H groups in total. The quantitative estimate of drug-likeness (QED) is 0.692. The lowest BCUT2D eigenvalue weighted by Gasteiger charge is -2.29. The molecule has 4 nitrogen and oxygen atoms in total. The molecule has 0 spiro atoms. The third-order valence-corrected chi connectivity index (χ3v) is 4.96. The molecule has 0 aliphatic carbocycles. The van der Waals surface area contributed by atoms with Gasteiger partial charge in [-0.2, -0.15) is 0 Å². The number of aliphatic carboxylic acids is 1. The van der Waals surface area contributed by atoms with Gasteiger partial charge in [0.2, 0.25) is 0 Å². The fourth-order valence-corrected chi connectivity index (χ4v) is 3.59. The Bertz CT molecular complexity index is 894. The first kappa shape index (κ1) is 17.3. The molecule has 0 radical (unpaired) electrons. The van der Waals surface area contributed by atoms with Crippen LogP contribution in [0.3, 0.4) is 0 Å². The van der Waals surface area contributed by atoms with Crippen molar-refractivity contribution >= 4 is 5.97 Å². The number of hydrogen-bond donors (Lipinski definition) is 2. The van der Waals surface area contributed by atoms with Crippen molar-refractivity contribution in [2.75, 3.05) is 6.54 Å². The van der Waals surface area contributed by atoms with Crippen LogP contribution < -0.4 is 10.1 Å². The van der Waals surface area contributed by atoms with Gasteiger partial charge in [-0.05, 0) is 24.1 Å². The van der Waals surface area contributed by atoms with E-state index in [0.717, 1.165) is 28.2 Å². The molecule has 0 bridgehead atoms. The molecule has 0 aromatic heterocycles. The molecule has 0 amide bonds. The van der Waals surface area contributed by atoms with Crippen LogP contribution >= 0.6 is 0 Å². The molecule has 1 aliphatic heterocycles. The van der Waals surface area contributed by atoms with Crippen LogP contribution in [0.25, 0.3) is 0 Å². The normalized spacial score (nSPS) is 13.9. The Kier molecular flexibility index (Phi) is 4.90. The Morgan fingerprint density at radius 1 is 0.889 bits per heavy atom. The zero-order valence-electron chi connectivity index (χ0n) is 14.8. The fraction of sp³-hybridized carbons (Fsp3) is 0.174. The van der Waals surface area contributed by atoms with E-state index in [4.69, 9.17) is 4.74 Å². The van der Waals surface area contributed by atoms with E-state index in [1.807, 2.05) is 78.9 Å². The average Bonchev–Trinajstić information content (AvgIpc) is 2.70. The Morgan fingerprint density at radius 3 is 2.04 bits per heavy atom. The molecular formula is C23H21NO3. The van der Waals surface area contributed by atoms with E-state index in [9.17, 15) is 9.90 Å². The number of carbonyl (C=O) groups is 1. The number of carboxylic acids is 1. The van der Waals surface area contributed by atoms with Crippen LogP contribution in [0.5, 0.6) is 11.5 Å². The second-order valence-electron chi connectivity index (χ2n) is 6.72. The molecule has 1 aliphatic rings. The lowest BCUT2D eigenvalue weighted by molar-refractivity contribution is -0.139. The number of hydrogen-bond acceptors (Lipinski definition) is 3. The summed E-state index contributed by atoms with van der Waals surface area (Å²) < 4.78 is 6.01. The highest BCUT2D eigenvalue weighted by atomic mass is 16.5. The number of ether oxygens (including phenoxy) is 1. The van der Waals surface area contributed by atoms with Gasteiger partial charge in [-0.1, -0.05) is 66.7 Å². The van der Waals surface area contributed by atoms with Gasteiger partial charge < -0.3 is 15.2 Å². The summed E-state index contributed by atoms with van der Waals surface area (Å²) in [6, 6.07) is 24.9.